The van der Waals surface area contributed by atoms with Crippen molar-refractivity contribution in [3.8, 4) is 6.07 Å². The van der Waals surface area contributed by atoms with E-state index in [-0.39, 0.29) is 16.9 Å². The van der Waals surface area contributed by atoms with Gasteiger partial charge in [0.1, 0.15) is 17.5 Å². The van der Waals surface area contributed by atoms with Gasteiger partial charge in [-0.15, -0.1) is 0 Å². The van der Waals surface area contributed by atoms with Gasteiger partial charge in [-0.1, -0.05) is 0 Å². The van der Waals surface area contributed by atoms with E-state index in [2.05, 4.69) is 4.98 Å². The molecule has 0 aliphatic rings. The molecule has 0 atom stereocenters. The Morgan fingerprint density at radius 2 is 2.15 bits per heavy atom. The van der Waals surface area contributed by atoms with Crippen LogP contribution in [0.4, 0.5) is 5.82 Å². The van der Waals surface area contributed by atoms with Crippen LogP contribution in [0.2, 0.25) is 0 Å². The van der Waals surface area contributed by atoms with E-state index in [0.717, 1.165) is 0 Å². The predicted octanol–water partition coefficient (Wildman–Crippen LogP) is 1.68. The molecule has 0 saturated heterocycles. The number of nitrogens with zero attached hydrogens (tertiary/aromatic N) is 2. The number of carbonyl (C=O) groups excluding carboxylic acids is 1. The fraction of sp³-hybridized carbons (Fsp3) is 0.500. The molecule has 0 aliphatic heterocycles. The van der Waals surface area contributed by atoms with Crippen LogP contribution >= 0.6 is 0 Å². The van der Waals surface area contributed by atoms with Gasteiger partial charge in [-0.05, 0) is 26.8 Å². The second-order valence-electron chi connectivity index (χ2n) is 5.27. The van der Waals surface area contributed by atoms with Crippen molar-refractivity contribution in [3.05, 3.63) is 22.9 Å². The number of esters is 1. The summed E-state index contributed by atoms with van der Waals surface area (Å²) in [5.41, 5.74) is 5.93. The highest BCUT2D eigenvalue weighted by Gasteiger charge is 2.22. The molecule has 0 fully saturated rings. The number of methoxy groups -OCH3 is 1. The second kappa shape index (κ2) is 6.35. The molecule has 0 amide bonds. The lowest BCUT2D eigenvalue weighted by molar-refractivity contribution is 0.00675. The number of rotatable bonds is 4. The van der Waals surface area contributed by atoms with Crippen LogP contribution in [0.15, 0.2) is 6.07 Å². The highest BCUT2D eigenvalue weighted by atomic mass is 16.6. The molecule has 0 aromatic carbocycles. The largest absolute Gasteiger partial charge is 0.456 e. The van der Waals surface area contributed by atoms with Gasteiger partial charge in [0, 0.05) is 13.5 Å². The van der Waals surface area contributed by atoms with Crippen LogP contribution in [0.5, 0.6) is 0 Å². The normalized spacial score (nSPS) is 10.9. The van der Waals surface area contributed by atoms with Crippen molar-refractivity contribution >= 4 is 11.8 Å². The van der Waals surface area contributed by atoms with Gasteiger partial charge >= 0.3 is 5.97 Å². The van der Waals surface area contributed by atoms with Gasteiger partial charge < -0.3 is 15.2 Å². The molecule has 1 aromatic heterocycles. The number of nitrogens with two attached hydrogens (primary N) is 1. The Labute approximate surface area is 118 Å². The number of pyridine rings is 1. The van der Waals surface area contributed by atoms with Gasteiger partial charge in [-0.25, -0.2) is 9.78 Å². The van der Waals surface area contributed by atoms with E-state index in [0.29, 0.717) is 18.7 Å². The molecule has 6 heteroatoms. The van der Waals surface area contributed by atoms with Gasteiger partial charge in [0.15, 0.2) is 0 Å². The number of nitriles is 1. The Morgan fingerprint density at radius 3 is 2.65 bits per heavy atom. The number of nitrogen functional groups attached to an aromatic ring is 1. The number of ether oxygens (including phenoxy) is 2. The van der Waals surface area contributed by atoms with E-state index in [1.165, 1.54) is 6.07 Å². The van der Waals surface area contributed by atoms with Crippen molar-refractivity contribution in [2.75, 3.05) is 19.5 Å². The van der Waals surface area contributed by atoms with Gasteiger partial charge in [0.2, 0.25) is 0 Å². The Hall–Kier alpha value is -2.13. The molecule has 108 valence electrons. The van der Waals surface area contributed by atoms with Crippen LogP contribution in [0.3, 0.4) is 0 Å². The Kier molecular flexibility index (Phi) is 5.06. The smallest absolute Gasteiger partial charge is 0.340 e. The van der Waals surface area contributed by atoms with Crippen LogP contribution in [0.25, 0.3) is 0 Å². The first-order valence-corrected chi connectivity index (χ1v) is 6.20. The minimum Gasteiger partial charge on any atom is -0.456 e. The van der Waals surface area contributed by atoms with Crippen molar-refractivity contribution < 1.29 is 14.3 Å². The number of hydrogen-bond donors (Lipinski definition) is 1. The van der Waals surface area contributed by atoms with Crippen molar-refractivity contribution in [2.24, 2.45) is 0 Å². The number of anilines is 1. The van der Waals surface area contributed by atoms with Crippen LogP contribution in [-0.2, 0) is 15.9 Å². The maximum Gasteiger partial charge on any atom is 0.340 e. The van der Waals surface area contributed by atoms with Gasteiger partial charge in [-0.2, -0.15) is 5.26 Å². The Balaban J connectivity index is 3.20. The Bertz CT molecular complexity index is 542. The SMILES string of the molecule is COCCc1nc(N)c(C#N)cc1C(=O)OC(C)(C)C. The molecule has 20 heavy (non-hydrogen) atoms. The third-order valence-corrected chi connectivity index (χ3v) is 2.41. The molecule has 0 spiro atoms. The van der Waals surface area contributed by atoms with Crippen LogP contribution in [0.1, 0.15) is 42.4 Å². The van der Waals surface area contributed by atoms with E-state index >= 15 is 0 Å². The van der Waals surface area contributed by atoms with Crippen LogP contribution < -0.4 is 5.73 Å². The molecule has 0 saturated carbocycles. The summed E-state index contributed by atoms with van der Waals surface area (Å²) in [6, 6.07) is 3.33. The second-order valence-corrected chi connectivity index (χ2v) is 5.27. The molecule has 1 heterocycles. The monoisotopic (exact) mass is 277 g/mol. The van der Waals surface area contributed by atoms with Crippen molar-refractivity contribution in [3.63, 3.8) is 0 Å². The highest BCUT2D eigenvalue weighted by Crippen LogP contribution is 2.19. The molecule has 1 rings (SSSR count). The van der Waals surface area contributed by atoms with Crippen molar-refractivity contribution in [1.82, 2.24) is 4.98 Å². The van der Waals surface area contributed by atoms with E-state index in [1.54, 1.807) is 27.9 Å². The first-order valence-electron chi connectivity index (χ1n) is 6.20. The molecule has 0 aliphatic carbocycles. The zero-order valence-corrected chi connectivity index (χ0v) is 12.2. The Morgan fingerprint density at radius 1 is 1.50 bits per heavy atom. The minimum absolute atomic E-state index is 0.103. The average molecular weight is 277 g/mol. The zero-order valence-electron chi connectivity index (χ0n) is 12.2. The molecule has 0 radical (unpaired) electrons. The summed E-state index contributed by atoms with van der Waals surface area (Å²) in [6.07, 6.45) is 0.418. The molecule has 2 N–H and O–H groups in total. The highest BCUT2D eigenvalue weighted by molar-refractivity contribution is 5.91. The number of carbonyl (C=O) groups is 1. The molecule has 0 bridgehead atoms. The molecule has 1 aromatic rings. The predicted molar refractivity (Wildman–Crippen MR) is 74.1 cm³/mol. The standard InChI is InChI=1S/C14H19N3O3/c1-14(2,3)20-13(18)10-7-9(8-15)12(16)17-11(10)5-6-19-4/h7H,5-6H2,1-4H3,(H2,16,17). The van der Waals surface area contributed by atoms with E-state index in [1.807, 2.05) is 6.07 Å². The lowest BCUT2D eigenvalue weighted by Gasteiger charge is -2.20. The summed E-state index contributed by atoms with van der Waals surface area (Å²) in [7, 11) is 1.56. The fourth-order valence-corrected chi connectivity index (χ4v) is 1.56. The van der Waals surface area contributed by atoms with E-state index in [4.69, 9.17) is 20.5 Å². The van der Waals surface area contributed by atoms with Crippen molar-refractivity contribution in [2.45, 2.75) is 32.8 Å². The van der Waals surface area contributed by atoms with E-state index in [9.17, 15) is 4.79 Å². The first-order chi connectivity index (χ1) is 9.28. The lowest BCUT2D eigenvalue weighted by atomic mass is 10.1. The maximum absolute atomic E-state index is 12.2. The third kappa shape index (κ3) is 4.21. The average Bonchev–Trinajstić information content (AvgIpc) is 2.34. The zero-order chi connectivity index (χ0) is 15.3. The lowest BCUT2D eigenvalue weighted by Crippen LogP contribution is -2.25. The summed E-state index contributed by atoms with van der Waals surface area (Å²) in [5, 5.41) is 8.98. The molecule has 6 nitrogen and oxygen atoms in total. The maximum atomic E-state index is 12.2. The minimum atomic E-state index is -0.621. The molecular weight excluding hydrogens is 258 g/mol. The third-order valence-electron chi connectivity index (χ3n) is 2.41. The summed E-state index contributed by atoms with van der Waals surface area (Å²) in [4.78, 5) is 16.3. The quantitative estimate of drug-likeness (QED) is 0.841. The van der Waals surface area contributed by atoms with Crippen molar-refractivity contribution in [1.29, 1.82) is 5.26 Å². The summed E-state index contributed by atoms with van der Waals surface area (Å²) in [6.45, 7) is 5.72. The van der Waals surface area contributed by atoms with Crippen LogP contribution in [0, 0.1) is 11.3 Å². The molecule has 0 unspecified atom stereocenters. The van der Waals surface area contributed by atoms with Gasteiger partial charge in [-0.3, -0.25) is 0 Å². The van der Waals surface area contributed by atoms with Gasteiger partial charge in [0.05, 0.1) is 23.4 Å². The molecular formula is C14H19N3O3. The summed E-state index contributed by atoms with van der Waals surface area (Å²) in [5.74, 6) is -0.418. The summed E-state index contributed by atoms with van der Waals surface area (Å²) < 4.78 is 10.3. The van der Waals surface area contributed by atoms with E-state index < -0.39 is 11.6 Å². The fourth-order valence-electron chi connectivity index (χ4n) is 1.56. The number of aromatic nitrogens is 1. The summed E-state index contributed by atoms with van der Waals surface area (Å²) >= 11 is 0. The number of hydrogen-bond acceptors (Lipinski definition) is 6. The van der Waals surface area contributed by atoms with Gasteiger partial charge in [0.25, 0.3) is 0 Å². The first kappa shape index (κ1) is 15.9. The van der Waals surface area contributed by atoms with Crippen LogP contribution in [-0.4, -0.2) is 30.3 Å². The topological polar surface area (TPSA) is 98.2 Å².